The summed E-state index contributed by atoms with van der Waals surface area (Å²) in [7, 11) is 0. The normalized spacial score (nSPS) is 10.5. The molecule has 3 rings (SSSR count). The zero-order chi connectivity index (χ0) is 18.8. The van der Waals surface area contributed by atoms with Gasteiger partial charge in [-0.05, 0) is 41.5 Å². The fourth-order valence-electron chi connectivity index (χ4n) is 2.42. The van der Waals surface area contributed by atoms with Crippen molar-refractivity contribution in [1.29, 1.82) is 0 Å². The number of hydrogen-bond donors (Lipinski definition) is 3. The number of halogens is 2. The Hall–Kier alpha value is -3.03. The number of benzene rings is 2. The summed E-state index contributed by atoms with van der Waals surface area (Å²) in [5.41, 5.74) is 12.8. The minimum absolute atomic E-state index is 0.00398. The number of nitrogens with one attached hydrogen (secondary N) is 1. The Morgan fingerprint density at radius 2 is 1.58 bits per heavy atom. The van der Waals surface area contributed by atoms with Crippen molar-refractivity contribution < 1.29 is 9.59 Å². The Bertz CT molecular complexity index is 979. The summed E-state index contributed by atoms with van der Waals surface area (Å²) in [6.45, 7) is 0. The van der Waals surface area contributed by atoms with E-state index in [0.717, 1.165) is 11.1 Å². The van der Waals surface area contributed by atoms with Gasteiger partial charge in [0, 0.05) is 16.2 Å². The molecule has 1 aromatic heterocycles. The molecule has 0 saturated heterocycles. The molecular formula is C17H13Cl2N5O2. The lowest BCUT2D eigenvalue weighted by Crippen LogP contribution is -2.22. The predicted octanol–water partition coefficient (Wildman–Crippen LogP) is 3.44. The molecule has 26 heavy (non-hydrogen) atoms. The number of carbonyl (C=O) groups excluding carboxylic acids is 2. The number of carbonyl (C=O) groups is 2. The van der Waals surface area contributed by atoms with Crippen molar-refractivity contribution in [3.05, 3.63) is 64.3 Å². The van der Waals surface area contributed by atoms with E-state index < -0.39 is 11.9 Å². The van der Waals surface area contributed by atoms with Crippen LogP contribution < -0.4 is 16.8 Å². The average Bonchev–Trinajstić information content (AvgIpc) is 2.97. The molecule has 3 aromatic rings. The van der Waals surface area contributed by atoms with E-state index >= 15 is 0 Å². The van der Waals surface area contributed by atoms with E-state index in [2.05, 4.69) is 10.4 Å². The van der Waals surface area contributed by atoms with Crippen LogP contribution in [0.1, 0.15) is 10.4 Å². The number of rotatable bonds is 4. The van der Waals surface area contributed by atoms with Gasteiger partial charge in [0.2, 0.25) is 0 Å². The summed E-state index contributed by atoms with van der Waals surface area (Å²) in [6.07, 6.45) is 1.42. The van der Waals surface area contributed by atoms with Crippen molar-refractivity contribution in [3.63, 3.8) is 0 Å². The number of amides is 3. The molecule has 0 atom stereocenters. The maximum Gasteiger partial charge on any atom is 0.317 e. The van der Waals surface area contributed by atoms with Crippen molar-refractivity contribution in [2.45, 2.75) is 0 Å². The molecule has 0 aliphatic rings. The van der Waals surface area contributed by atoms with Gasteiger partial charge in [-0.2, -0.15) is 0 Å². The summed E-state index contributed by atoms with van der Waals surface area (Å²) in [4.78, 5) is 22.5. The third-order valence-corrected chi connectivity index (χ3v) is 3.99. The van der Waals surface area contributed by atoms with Crippen molar-refractivity contribution in [2.24, 2.45) is 11.5 Å². The molecule has 0 saturated carbocycles. The van der Waals surface area contributed by atoms with Gasteiger partial charge in [0.15, 0.2) is 5.82 Å². The molecule has 0 bridgehead atoms. The SMILES string of the molecule is NC(=O)Nc1nn(-c2ccc(-c3cc(Cl)cc(Cl)c3)cc2)cc1C(N)=O. The highest BCUT2D eigenvalue weighted by Crippen LogP contribution is 2.28. The first-order chi connectivity index (χ1) is 12.3. The van der Waals surface area contributed by atoms with Crippen molar-refractivity contribution >= 4 is 41.0 Å². The van der Waals surface area contributed by atoms with E-state index in [4.69, 9.17) is 34.7 Å². The molecule has 7 nitrogen and oxygen atoms in total. The molecule has 0 fully saturated rings. The van der Waals surface area contributed by atoms with E-state index in [1.54, 1.807) is 30.3 Å². The van der Waals surface area contributed by atoms with Crippen LogP contribution in [-0.4, -0.2) is 21.7 Å². The minimum Gasteiger partial charge on any atom is -0.365 e. The molecule has 132 valence electrons. The van der Waals surface area contributed by atoms with Crippen LogP contribution in [0.25, 0.3) is 16.8 Å². The van der Waals surface area contributed by atoms with Gasteiger partial charge in [0.05, 0.1) is 5.69 Å². The molecule has 1 heterocycles. The van der Waals surface area contributed by atoms with Crippen LogP contribution >= 0.6 is 23.2 Å². The highest BCUT2D eigenvalue weighted by atomic mass is 35.5. The van der Waals surface area contributed by atoms with Gasteiger partial charge in [-0.15, -0.1) is 5.10 Å². The largest absolute Gasteiger partial charge is 0.365 e. The fraction of sp³-hybridized carbons (Fsp3) is 0. The second kappa shape index (κ2) is 7.07. The number of anilines is 1. The Balaban J connectivity index is 1.96. The molecule has 5 N–H and O–H groups in total. The third-order valence-electron chi connectivity index (χ3n) is 3.55. The summed E-state index contributed by atoms with van der Waals surface area (Å²) < 4.78 is 1.42. The van der Waals surface area contributed by atoms with Crippen molar-refractivity contribution in [1.82, 2.24) is 9.78 Å². The number of nitrogens with two attached hydrogens (primary N) is 2. The average molecular weight is 390 g/mol. The van der Waals surface area contributed by atoms with Crippen LogP contribution in [0, 0.1) is 0 Å². The molecule has 3 amide bonds. The monoisotopic (exact) mass is 389 g/mol. The molecule has 0 aliphatic carbocycles. The van der Waals surface area contributed by atoms with E-state index in [1.807, 2.05) is 12.1 Å². The zero-order valence-electron chi connectivity index (χ0n) is 13.2. The molecule has 2 aromatic carbocycles. The van der Waals surface area contributed by atoms with Crippen molar-refractivity contribution in [3.8, 4) is 16.8 Å². The number of aromatic nitrogens is 2. The van der Waals surface area contributed by atoms with Crippen LogP contribution in [0.15, 0.2) is 48.7 Å². The van der Waals surface area contributed by atoms with E-state index in [1.165, 1.54) is 10.9 Å². The Morgan fingerprint density at radius 3 is 2.12 bits per heavy atom. The minimum atomic E-state index is -0.842. The highest BCUT2D eigenvalue weighted by Gasteiger charge is 2.16. The second-order valence-electron chi connectivity index (χ2n) is 5.39. The summed E-state index contributed by atoms with van der Waals surface area (Å²) in [5, 5.41) is 7.48. The molecule has 0 radical (unpaired) electrons. The second-order valence-corrected chi connectivity index (χ2v) is 6.27. The summed E-state index contributed by atoms with van der Waals surface area (Å²) in [5.74, 6) is -0.735. The lowest BCUT2D eigenvalue weighted by molar-refractivity contribution is 0.100. The highest BCUT2D eigenvalue weighted by molar-refractivity contribution is 6.35. The van der Waals surface area contributed by atoms with Gasteiger partial charge in [0.1, 0.15) is 5.56 Å². The van der Waals surface area contributed by atoms with Gasteiger partial charge < -0.3 is 11.5 Å². The maximum atomic E-state index is 11.5. The van der Waals surface area contributed by atoms with E-state index in [-0.39, 0.29) is 11.4 Å². The fourth-order valence-corrected chi connectivity index (χ4v) is 2.95. The standard InChI is InChI=1S/C17H13Cl2N5O2/c18-11-5-10(6-12(19)7-11)9-1-3-13(4-2-9)24-8-14(15(20)25)16(23-24)22-17(21)26/h1-8H,(H2,20,25)(H3,21,22,23,26). The van der Waals surface area contributed by atoms with E-state index in [0.29, 0.717) is 15.7 Å². The molecule has 0 unspecified atom stereocenters. The van der Waals surface area contributed by atoms with Crippen molar-refractivity contribution in [2.75, 3.05) is 5.32 Å². The molecule has 0 aliphatic heterocycles. The van der Waals surface area contributed by atoms with Crippen LogP contribution in [-0.2, 0) is 0 Å². The lowest BCUT2D eigenvalue weighted by Gasteiger charge is -2.06. The number of nitrogens with zero attached hydrogens (tertiary/aromatic N) is 2. The van der Waals surface area contributed by atoms with Gasteiger partial charge in [0.25, 0.3) is 5.91 Å². The lowest BCUT2D eigenvalue weighted by atomic mass is 10.1. The zero-order valence-corrected chi connectivity index (χ0v) is 14.8. The first kappa shape index (κ1) is 17.8. The number of primary amides is 2. The molecular weight excluding hydrogens is 377 g/mol. The molecule has 9 heteroatoms. The molecule has 0 spiro atoms. The van der Waals surface area contributed by atoms with E-state index in [9.17, 15) is 9.59 Å². The smallest absolute Gasteiger partial charge is 0.317 e. The van der Waals surface area contributed by atoms with Gasteiger partial charge in [-0.1, -0.05) is 35.3 Å². The predicted molar refractivity (Wildman–Crippen MR) is 101 cm³/mol. The third kappa shape index (κ3) is 3.79. The summed E-state index contributed by atoms with van der Waals surface area (Å²) >= 11 is 12.1. The van der Waals surface area contributed by atoms with Gasteiger partial charge in [-0.25, -0.2) is 9.48 Å². The Labute approximate surface area is 158 Å². The van der Waals surface area contributed by atoms with Gasteiger partial charge in [-0.3, -0.25) is 10.1 Å². The number of hydrogen-bond acceptors (Lipinski definition) is 3. The van der Waals surface area contributed by atoms with Crippen LogP contribution in [0.4, 0.5) is 10.6 Å². The quantitative estimate of drug-likeness (QED) is 0.634. The Morgan fingerprint density at radius 1 is 0.962 bits per heavy atom. The summed E-state index contributed by atoms with van der Waals surface area (Å²) in [6, 6.07) is 11.7. The van der Waals surface area contributed by atoms with Crippen LogP contribution in [0.5, 0.6) is 0 Å². The van der Waals surface area contributed by atoms with Crippen LogP contribution in [0.3, 0.4) is 0 Å². The number of urea groups is 1. The maximum absolute atomic E-state index is 11.5. The first-order valence-corrected chi connectivity index (χ1v) is 8.12. The van der Waals surface area contributed by atoms with Crippen LogP contribution in [0.2, 0.25) is 10.0 Å². The Kier molecular flexibility index (Phi) is 4.83. The first-order valence-electron chi connectivity index (χ1n) is 7.36. The topological polar surface area (TPSA) is 116 Å². The van der Waals surface area contributed by atoms with Gasteiger partial charge >= 0.3 is 6.03 Å².